The second-order valence-corrected chi connectivity index (χ2v) is 14.8. The predicted octanol–water partition coefficient (Wildman–Crippen LogP) is 10.5. The Labute approximate surface area is 311 Å². The molecule has 0 saturated heterocycles. The van der Waals surface area contributed by atoms with E-state index in [9.17, 15) is 0 Å². The molecule has 2 aliphatic rings. The summed E-state index contributed by atoms with van der Waals surface area (Å²) in [4.78, 5) is 11.7. The molecule has 9 nitrogen and oxygen atoms in total. The smallest absolute Gasteiger partial charge is 0.471 e. The van der Waals surface area contributed by atoms with Crippen molar-refractivity contribution in [3.05, 3.63) is 120 Å². The lowest BCUT2D eigenvalue weighted by atomic mass is 9.82. The maximum atomic E-state index is 6.53. The fraction of sp³-hybridized carbons (Fsp3) is 0.273. The molecule has 0 spiro atoms. The number of benzene rings is 6. The molecule has 274 valence electrons. The van der Waals surface area contributed by atoms with Crippen molar-refractivity contribution in [2.75, 3.05) is 28.8 Å². The molecule has 2 heterocycles. The zero-order valence-electron chi connectivity index (χ0n) is 31.2. The Hall–Kier alpha value is -5.80. The maximum absolute atomic E-state index is 6.53. The first kappa shape index (κ1) is 35.6. The second-order valence-electron chi connectivity index (χ2n) is 14.8. The van der Waals surface area contributed by atoms with Crippen LogP contribution in [0.15, 0.2) is 109 Å². The lowest BCUT2D eigenvalue weighted by Crippen LogP contribution is -2.50. The number of fused-ring (bicyclic) bond motifs is 4. The molecule has 1 unspecified atom stereocenters. The highest BCUT2D eigenvalue weighted by Crippen LogP contribution is 2.44. The van der Waals surface area contributed by atoms with Gasteiger partial charge in [0.2, 0.25) is 0 Å². The van der Waals surface area contributed by atoms with Crippen LogP contribution >= 0.6 is 0 Å². The molecule has 2 aliphatic heterocycles. The van der Waals surface area contributed by atoms with Gasteiger partial charge in [0.05, 0.1) is 22.7 Å². The first-order chi connectivity index (χ1) is 25.4. The van der Waals surface area contributed by atoms with E-state index in [1.807, 2.05) is 78.9 Å². The van der Waals surface area contributed by atoms with Crippen LogP contribution in [0.5, 0.6) is 23.0 Å². The van der Waals surface area contributed by atoms with Crippen molar-refractivity contribution >= 4 is 44.3 Å². The minimum absolute atomic E-state index is 0.0253. The monoisotopic (exact) mass is 712 g/mol. The number of hydrogen-bond acceptors (Lipinski definition) is 9. The molecule has 0 fully saturated rings. The van der Waals surface area contributed by atoms with E-state index in [0.717, 1.165) is 51.4 Å². The molecule has 0 saturated carbocycles. The predicted molar refractivity (Wildman–Crippen MR) is 215 cm³/mol. The number of anilines is 4. The number of nitrogens with one attached hydrogen (secondary N) is 2. The minimum Gasteiger partial charge on any atom is -0.471 e. The molecule has 53 heavy (non-hydrogen) atoms. The van der Waals surface area contributed by atoms with Gasteiger partial charge >= 0.3 is 6.10 Å². The van der Waals surface area contributed by atoms with Crippen molar-refractivity contribution in [2.24, 2.45) is 0 Å². The van der Waals surface area contributed by atoms with E-state index in [4.69, 9.17) is 35.5 Å². The fourth-order valence-electron chi connectivity index (χ4n) is 6.35. The molecule has 0 aromatic heterocycles. The summed E-state index contributed by atoms with van der Waals surface area (Å²) in [5, 5.41) is 10.1. The summed E-state index contributed by atoms with van der Waals surface area (Å²) in [6, 6.07) is 35.4. The molecule has 8 rings (SSSR count). The first-order valence-electron chi connectivity index (χ1n) is 18.1. The van der Waals surface area contributed by atoms with Crippen molar-refractivity contribution in [1.29, 1.82) is 0 Å². The van der Waals surface area contributed by atoms with Gasteiger partial charge in [-0.3, -0.25) is 5.32 Å². The number of ether oxygens (including phenoxy) is 3. The molecule has 0 aliphatic carbocycles. The van der Waals surface area contributed by atoms with E-state index in [1.165, 1.54) is 5.56 Å². The van der Waals surface area contributed by atoms with E-state index in [-0.39, 0.29) is 10.8 Å². The Morgan fingerprint density at radius 1 is 0.660 bits per heavy atom. The molecule has 6 N–H and O–H groups in total. The lowest BCUT2D eigenvalue weighted by Gasteiger charge is -2.27. The Morgan fingerprint density at radius 2 is 1.21 bits per heavy atom. The largest absolute Gasteiger partial charge is 0.505 e. The molecule has 0 radical (unpaired) electrons. The highest BCUT2D eigenvalue weighted by molar-refractivity contribution is 5.96. The van der Waals surface area contributed by atoms with E-state index < -0.39 is 6.10 Å². The van der Waals surface area contributed by atoms with Crippen LogP contribution in [0.2, 0.25) is 0 Å². The lowest BCUT2D eigenvalue weighted by molar-refractivity contribution is -0.407. The number of nitrogen functional groups attached to an aromatic ring is 2. The van der Waals surface area contributed by atoms with Crippen molar-refractivity contribution in [1.82, 2.24) is 0 Å². The normalized spacial score (nSPS) is 16.0. The van der Waals surface area contributed by atoms with Crippen molar-refractivity contribution < 1.29 is 24.0 Å². The van der Waals surface area contributed by atoms with Crippen LogP contribution in [-0.4, -0.2) is 12.8 Å². The van der Waals surface area contributed by atoms with Crippen LogP contribution in [0, 0.1) is 0 Å². The van der Waals surface area contributed by atoms with Gasteiger partial charge in [0.25, 0.3) is 0 Å². The third kappa shape index (κ3) is 7.04. The van der Waals surface area contributed by atoms with E-state index >= 15 is 0 Å². The standard InChI is InChI=1S/C32H31N3O4.C12H17NO/c1-4-31(2,3)22-15-18-26-25(19-22)35-32(36-26,37-27-16-13-20-9-5-7-11-23(20)29(27)33)39-38-28-17-14-21-10-6-8-12-24(21)30(28)34;1-4-12(2,3)9-5-6-11-10(7-9)13-8-14-11/h5-19,35H,4,33-34H2,1-3H3;5-7,13H,4,8H2,1-3H3. The van der Waals surface area contributed by atoms with Crippen LogP contribution in [0.25, 0.3) is 21.5 Å². The summed E-state index contributed by atoms with van der Waals surface area (Å²) in [7, 11) is 0. The summed E-state index contributed by atoms with van der Waals surface area (Å²) in [6.07, 6.45) is 0.251. The van der Waals surface area contributed by atoms with Gasteiger partial charge in [0.15, 0.2) is 24.0 Å². The van der Waals surface area contributed by atoms with Gasteiger partial charge < -0.3 is 35.9 Å². The van der Waals surface area contributed by atoms with Crippen LogP contribution < -0.4 is 41.2 Å². The Balaban J connectivity index is 0.000000260. The topological polar surface area (TPSA) is 122 Å². The van der Waals surface area contributed by atoms with E-state index in [1.54, 1.807) is 12.1 Å². The van der Waals surface area contributed by atoms with Crippen LogP contribution in [0.1, 0.15) is 65.5 Å². The Kier molecular flexibility index (Phi) is 9.38. The van der Waals surface area contributed by atoms with Gasteiger partial charge in [0.1, 0.15) is 5.75 Å². The number of rotatable bonds is 9. The van der Waals surface area contributed by atoms with Gasteiger partial charge in [-0.2, -0.15) is 0 Å². The maximum Gasteiger partial charge on any atom is 0.505 e. The van der Waals surface area contributed by atoms with Crippen molar-refractivity contribution in [3.8, 4) is 23.0 Å². The molecule has 0 bridgehead atoms. The summed E-state index contributed by atoms with van der Waals surface area (Å²) in [5.41, 5.74) is 18.4. The number of nitrogens with two attached hydrogens (primary N) is 2. The first-order valence-corrected chi connectivity index (χ1v) is 18.1. The fourth-order valence-corrected chi connectivity index (χ4v) is 6.35. The number of hydrogen-bond donors (Lipinski definition) is 4. The second kappa shape index (κ2) is 14.0. The van der Waals surface area contributed by atoms with Gasteiger partial charge in [0, 0.05) is 10.8 Å². The molecule has 9 heteroatoms. The molecule has 6 aromatic carbocycles. The summed E-state index contributed by atoms with van der Waals surface area (Å²) >= 11 is 0. The van der Waals surface area contributed by atoms with Crippen LogP contribution in [0.3, 0.4) is 0 Å². The molecular weight excluding hydrogens is 665 g/mol. The average Bonchev–Trinajstić information content (AvgIpc) is 3.80. The quantitative estimate of drug-likeness (QED) is 0.0502. The van der Waals surface area contributed by atoms with E-state index in [0.29, 0.717) is 41.0 Å². The Bertz CT molecular complexity index is 2290. The highest BCUT2D eigenvalue weighted by Gasteiger charge is 2.47. The van der Waals surface area contributed by atoms with E-state index in [2.05, 4.69) is 70.4 Å². The summed E-state index contributed by atoms with van der Waals surface area (Å²) < 4.78 is 18.0. The zero-order chi connectivity index (χ0) is 37.4. The average molecular weight is 713 g/mol. The van der Waals surface area contributed by atoms with Gasteiger partial charge in [-0.1, -0.05) is 119 Å². The summed E-state index contributed by atoms with van der Waals surface area (Å²) in [6.45, 7) is 13.9. The third-order valence-electron chi connectivity index (χ3n) is 10.7. The molecule has 6 aromatic rings. The molecule has 0 amide bonds. The van der Waals surface area contributed by atoms with Crippen molar-refractivity contribution in [3.63, 3.8) is 0 Å². The highest BCUT2D eigenvalue weighted by atomic mass is 17.3. The van der Waals surface area contributed by atoms with Gasteiger partial charge in [-0.05, 0) is 82.0 Å². The third-order valence-corrected chi connectivity index (χ3v) is 10.7. The minimum atomic E-state index is -1.87. The van der Waals surface area contributed by atoms with Crippen LogP contribution in [0.4, 0.5) is 22.7 Å². The Morgan fingerprint density at radius 3 is 1.83 bits per heavy atom. The SMILES string of the molecule is CCC(C)(C)c1ccc2c(c1)NC(OOc1ccc3ccccc3c1N)(Oc1ccc3ccccc3c1N)O2.CCC(C)(C)c1ccc2c(c1)NCO2. The molecular formula is C44H48N4O5. The van der Waals surface area contributed by atoms with Crippen LogP contribution in [-0.2, 0) is 15.7 Å². The molecule has 1 atom stereocenters. The summed E-state index contributed by atoms with van der Waals surface area (Å²) in [5.74, 6) is 2.23. The zero-order valence-corrected chi connectivity index (χ0v) is 31.2. The van der Waals surface area contributed by atoms with Crippen molar-refractivity contribution in [2.45, 2.75) is 71.3 Å². The van der Waals surface area contributed by atoms with Gasteiger partial charge in [-0.25, -0.2) is 0 Å². The van der Waals surface area contributed by atoms with Gasteiger partial charge in [-0.15, -0.1) is 0 Å².